The maximum absolute atomic E-state index is 11.8. The summed E-state index contributed by atoms with van der Waals surface area (Å²) in [6.45, 7) is 6.15. The van der Waals surface area contributed by atoms with E-state index < -0.39 is 9.84 Å². The van der Waals surface area contributed by atoms with Gasteiger partial charge < -0.3 is 9.80 Å². The molecular formula is C15H21N3O2S2. The van der Waals surface area contributed by atoms with E-state index in [1.54, 1.807) is 0 Å². The van der Waals surface area contributed by atoms with Crippen molar-refractivity contribution in [3.63, 3.8) is 0 Å². The summed E-state index contributed by atoms with van der Waals surface area (Å²) < 4.78 is 23.7. The number of nitrogens with one attached hydrogen (secondary N) is 1. The molecule has 3 rings (SSSR count). The second-order valence-corrected chi connectivity index (χ2v) is 9.05. The zero-order valence-corrected chi connectivity index (χ0v) is 14.5. The molecule has 0 unspecified atom stereocenters. The minimum atomic E-state index is -2.97. The molecule has 7 heteroatoms. The van der Waals surface area contributed by atoms with Gasteiger partial charge in [0, 0.05) is 29.7 Å². The first-order valence-electron chi connectivity index (χ1n) is 7.55. The third-order valence-electron chi connectivity index (χ3n) is 4.34. The molecule has 0 saturated carbocycles. The fraction of sp³-hybridized carbons (Fsp3) is 0.533. The number of anilines is 2. The Bertz CT molecular complexity index is 669. The molecule has 22 heavy (non-hydrogen) atoms. The predicted octanol–water partition coefficient (Wildman–Crippen LogP) is 2.19. The van der Waals surface area contributed by atoms with Gasteiger partial charge in [0.1, 0.15) is 0 Å². The number of hydrogen-bond donors (Lipinski definition) is 1. The van der Waals surface area contributed by atoms with Crippen LogP contribution < -0.4 is 9.80 Å². The van der Waals surface area contributed by atoms with Gasteiger partial charge >= 0.3 is 0 Å². The quantitative estimate of drug-likeness (QED) is 0.911. The van der Waals surface area contributed by atoms with Crippen LogP contribution in [-0.4, -0.2) is 49.5 Å². The molecule has 120 valence electrons. The average molecular weight is 339 g/mol. The Kier molecular flexibility index (Phi) is 4.11. The van der Waals surface area contributed by atoms with E-state index in [-0.39, 0.29) is 22.8 Å². The van der Waals surface area contributed by atoms with Crippen LogP contribution in [0.4, 0.5) is 11.4 Å². The Morgan fingerprint density at radius 2 is 1.86 bits per heavy atom. The van der Waals surface area contributed by atoms with Gasteiger partial charge in [-0.25, -0.2) is 8.42 Å². The van der Waals surface area contributed by atoms with Crippen molar-refractivity contribution < 1.29 is 8.42 Å². The number of nitrogens with zero attached hydrogens (tertiary/aromatic N) is 2. The maximum atomic E-state index is 11.8. The Morgan fingerprint density at radius 3 is 2.45 bits per heavy atom. The van der Waals surface area contributed by atoms with E-state index in [9.17, 15) is 8.42 Å². The molecule has 5 nitrogen and oxygen atoms in total. The lowest BCUT2D eigenvalue weighted by Crippen LogP contribution is -2.37. The lowest BCUT2D eigenvalue weighted by molar-refractivity contribution is 0.601. The average Bonchev–Trinajstić information content (AvgIpc) is 2.91. The summed E-state index contributed by atoms with van der Waals surface area (Å²) in [7, 11) is -2.97. The van der Waals surface area contributed by atoms with E-state index >= 15 is 0 Å². The fourth-order valence-corrected chi connectivity index (χ4v) is 7.02. The van der Waals surface area contributed by atoms with Crippen LogP contribution in [0.15, 0.2) is 24.3 Å². The molecule has 0 aliphatic carbocycles. The lowest BCUT2D eigenvalue weighted by atomic mass is 10.2. The number of rotatable bonds is 4. The molecule has 2 aliphatic rings. The van der Waals surface area contributed by atoms with Gasteiger partial charge in [-0.1, -0.05) is 11.8 Å². The van der Waals surface area contributed by atoms with Crippen molar-refractivity contribution in [2.24, 2.45) is 0 Å². The fourth-order valence-electron chi connectivity index (χ4n) is 3.22. The number of benzene rings is 1. The Hall–Kier alpha value is -1.21. The summed E-state index contributed by atoms with van der Waals surface area (Å²) in [5, 5.41) is 8.62. The second-order valence-electron chi connectivity index (χ2n) is 5.66. The van der Waals surface area contributed by atoms with Crippen molar-refractivity contribution in [2.45, 2.75) is 25.1 Å². The molecule has 2 aliphatic heterocycles. The van der Waals surface area contributed by atoms with E-state index in [1.165, 1.54) is 11.8 Å². The molecule has 0 bridgehead atoms. The normalized spacial score (nSPS) is 26.3. The number of fused-ring (bicyclic) bond motifs is 1. The number of amidine groups is 1. The van der Waals surface area contributed by atoms with Crippen LogP contribution >= 0.6 is 11.8 Å². The van der Waals surface area contributed by atoms with E-state index in [1.807, 2.05) is 17.0 Å². The third kappa shape index (κ3) is 2.72. The molecule has 0 aromatic heterocycles. The van der Waals surface area contributed by atoms with Gasteiger partial charge in [0.2, 0.25) is 0 Å². The summed E-state index contributed by atoms with van der Waals surface area (Å²) in [6, 6.07) is 8.00. The van der Waals surface area contributed by atoms with Crippen molar-refractivity contribution in [1.29, 1.82) is 5.41 Å². The van der Waals surface area contributed by atoms with Crippen LogP contribution in [0.2, 0.25) is 0 Å². The number of thioether (sulfide) groups is 1. The highest BCUT2D eigenvalue weighted by Gasteiger charge is 2.48. The SMILES string of the molecule is CCN(CC)c1ccc(N2C(=N)S[C@@H]3CS(=O)(=O)C[C@@H]32)cc1. The zero-order valence-electron chi connectivity index (χ0n) is 12.8. The third-order valence-corrected chi connectivity index (χ3v) is 7.47. The minimum absolute atomic E-state index is 0.0000383. The molecule has 0 amide bonds. The first-order valence-corrected chi connectivity index (χ1v) is 10.2. The number of hydrogen-bond acceptors (Lipinski definition) is 5. The molecule has 0 spiro atoms. The second kappa shape index (κ2) is 5.77. The molecule has 2 saturated heterocycles. The number of sulfone groups is 1. The highest BCUT2D eigenvalue weighted by atomic mass is 32.2. The van der Waals surface area contributed by atoms with E-state index in [4.69, 9.17) is 5.41 Å². The molecular weight excluding hydrogens is 318 g/mol. The lowest BCUT2D eigenvalue weighted by Gasteiger charge is -2.26. The molecule has 0 radical (unpaired) electrons. The van der Waals surface area contributed by atoms with Gasteiger partial charge in [0.25, 0.3) is 0 Å². The van der Waals surface area contributed by atoms with Gasteiger partial charge in [-0.05, 0) is 38.1 Å². The summed E-state index contributed by atoms with van der Waals surface area (Å²) >= 11 is 1.38. The Balaban J connectivity index is 1.86. The van der Waals surface area contributed by atoms with Crippen LogP contribution in [0, 0.1) is 5.41 Å². The molecule has 1 aromatic carbocycles. The van der Waals surface area contributed by atoms with Gasteiger partial charge in [0.15, 0.2) is 15.0 Å². The van der Waals surface area contributed by atoms with Crippen molar-refractivity contribution in [3.05, 3.63) is 24.3 Å². The smallest absolute Gasteiger partial charge is 0.161 e. The van der Waals surface area contributed by atoms with Gasteiger partial charge in [-0.2, -0.15) is 0 Å². The van der Waals surface area contributed by atoms with Crippen LogP contribution in [0.3, 0.4) is 0 Å². The van der Waals surface area contributed by atoms with Gasteiger partial charge in [0.05, 0.1) is 17.5 Å². The summed E-state index contributed by atoms with van der Waals surface area (Å²) in [6.07, 6.45) is 0. The summed E-state index contributed by atoms with van der Waals surface area (Å²) in [4.78, 5) is 4.14. The van der Waals surface area contributed by atoms with Crippen LogP contribution in [0.25, 0.3) is 0 Å². The van der Waals surface area contributed by atoms with E-state index in [0.717, 1.165) is 24.5 Å². The van der Waals surface area contributed by atoms with Crippen LogP contribution in [-0.2, 0) is 9.84 Å². The molecule has 2 atom stereocenters. The van der Waals surface area contributed by atoms with E-state index in [2.05, 4.69) is 30.9 Å². The Morgan fingerprint density at radius 1 is 1.23 bits per heavy atom. The first kappa shape index (κ1) is 15.7. The maximum Gasteiger partial charge on any atom is 0.161 e. The van der Waals surface area contributed by atoms with E-state index in [0.29, 0.717) is 5.17 Å². The zero-order chi connectivity index (χ0) is 15.9. The van der Waals surface area contributed by atoms with Crippen LogP contribution in [0.1, 0.15) is 13.8 Å². The molecule has 1 aromatic rings. The summed E-state index contributed by atoms with van der Waals surface area (Å²) in [5.74, 6) is 0.351. The molecule has 2 fully saturated rings. The van der Waals surface area contributed by atoms with Crippen LogP contribution in [0.5, 0.6) is 0 Å². The predicted molar refractivity (Wildman–Crippen MR) is 94.0 cm³/mol. The summed E-state index contributed by atoms with van der Waals surface area (Å²) in [5.41, 5.74) is 2.07. The largest absolute Gasteiger partial charge is 0.372 e. The van der Waals surface area contributed by atoms with Gasteiger partial charge in [-0.15, -0.1) is 0 Å². The van der Waals surface area contributed by atoms with Gasteiger partial charge in [-0.3, -0.25) is 5.41 Å². The highest BCUT2D eigenvalue weighted by Crippen LogP contribution is 2.40. The van der Waals surface area contributed by atoms with Crippen molar-refractivity contribution in [1.82, 2.24) is 0 Å². The Labute approximate surface area is 136 Å². The standard InChI is InChI=1S/C15H21N3O2S2/c1-3-17(4-2)11-5-7-12(8-6-11)18-13-9-22(19,20)10-14(13)21-15(18)16/h5-8,13-14,16H,3-4,9-10H2,1-2H3/t13-,14+/m0/s1. The van der Waals surface area contributed by atoms with Crippen molar-refractivity contribution in [3.8, 4) is 0 Å². The van der Waals surface area contributed by atoms with Crippen molar-refractivity contribution >= 4 is 38.1 Å². The molecule has 2 heterocycles. The first-order chi connectivity index (χ1) is 10.4. The minimum Gasteiger partial charge on any atom is -0.372 e. The highest BCUT2D eigenvalue weighted by molar-refractivity contribution is 8.15. The topological polar surface area (TPSA) is 64.5 Å². The van der Waals surface area contributed by atoms with Crippen molar-refractivity contribution in [2.75, 3.05) is 34.4 Å². The molecule has 1 N–H and O–H groups in total. The monoisotopic (exact) mass is 339 g/mol.